The van der Waals surface area contributed by atoms with E-state index in [1.54, 1.807) is 6.33 Å². The van der Waals surface area contributed by atoms with E-state index in [2.05, 4.69) is 30.8 Å². The van der Waals surface area contributed by atoms with Crippen molar-refractivity contribution < 1.29 is 4.79 Å². The highest BCUT2D eigenvalue weighted by Gasteiger charge is 2.23. The third-order valence-electron chi connectivity index (χ3n) is 5.06. The van der Waals surface area contributed by atoms with Crippen molar-refractivity contribution in [3.05, 3.63) is 30.2 Å². The van der Waals surface area contributed by atoms with Crippen molar-refractivity contribution in [2.45, 2.75) is 37.8 Å². The van der Waals surface area contributed by atoms with Crippen LogP contribution >= 0.6 is 0 Å². The summed E-state index contributed by atoms with van der Waals surface area (Å²) >= 11 is 0. The van der Waals surface area contributed by atoms with E-state index in [0.29, 0.717) is 11.6 Å². The minimum absolute atomic E-state index is 0.0341. The van der Waals surface area contributed by atoms with E-state index < -0.39 is 5.91 Å². The number of carbonyl (C=O) groups excluding carboxylic acids is 1. The number of nitrogens with two attached hydrogens (primary N) is 2. The van der Waals surface area contributed by atoms with Gasteiger partial charge in [0.25, 0.3) is 5.91 Å². The van der Waals surface area contributed by atoms with Gasteiger partial charge in [0, 0.05) is 19.1 Å². The predicted molar refractivity (Wildman–Crippen MR) is 106 cm³/mol. The molecule has 6 N–H and O–H groups in total. The number of hydrogen-bond acceptors (Lipinski definition) is 8. The van der Waals surface area contributed by atoms with Crippen LogP contribution in [0.2, 0.25) is 0 Å². The van der Waals surface area contributed by atoms with Gasteiger partial charge in [-0.1, -0.05) is 18.9 Å². The molecule has 0 bridgehead atoms. The number of imidazole rings is 1. The lowest BCUT2D eigenvalue weighted by molar-refractivity contribution is 0.0995. The van der Waals surface area contributed by atoms with E-state index >= 15 is 0 Å². The van der Waals surface area contributed by atoms with Gasteiger partial charge >= 0.3 is 0 Å². The zero-order valence-electron chi connectivity index (χ0n) is 15.6. The number of para-hydroxylation sites is 1. The van der Waals surface area contributed by atoms with E-state index in [1.165, 1.54) is 0 Å². The molecule has 4 rings (SSSR count). The molecule has 10 nitrogen and oxygen atoms in total. The van der Waals surface area contributed by atoms with Gasteiger partial charge in [-0.3, -0.25) is 4.79 Å². The lowest BCUT2D eigenvalue weighted by Crippen LogP contribution is -2.43. The second-order valence-corrected chi connectivity index (χ2v) is 7.05. The maximum Gasteiger partial charge on any atom is 0.273 e. The first kappa shape index (κ1) is 18.1. The Morgan fingerprint density at radius 1 is 1.25 bits per heavy atom. The second-order valence-electron chi connectivity index (χ2n) is 7.05. The number of amides is 1. The molecule has 0 unspecified atom stereocenters. The number of nitrogens with one attached hydrogen (secondary N) is 2. The fourth-order valence-electron chi connectivity index (χ4n) is 3.53. The molecule has 0 radical (unpaired) electrons. The second kappa shape index (κ2) is 7.39. The molecule has 0 saturated heterocycles. The topological polar surface area (TPSA) is 150 Å². The maximum absolute atomic E-state index is 11.8. The van der Waals surface area contributed by atoms with Gasteiger partial charge in [-0.25, -0.2) is 4.98 Å². The summed E-state index contributed by atoms with van der Waals surface area (Å²) < 4.78 is 1.91. The summed E-state index contributed by atoms with van der Waals surface area (Å²) in [4.78, 5) is 20.7. The Morgan fingerprint density at radius 3 is 2.86 bits per heavy atom. The highest BCUT2D eigenvalue weighted by Crippen LogP contribution is 2.26. The Hall–Kier alpha value is -3.27. The lowest BCUT2D eigenvalue weighted by Gasteiger charge is -2.29. The first-order valence-corrected chi connectivity index (χ1v) is 9.26. The molecule has 2 atom stereocenters. The maximum atomic E-state index is 11.8. The molecule has 1 fully saturated rings. The highest BCUT2D eigenvalue weighted by atomic mass is 16.1. The predicted octanol–water partition coefficient (Wildman–Crippen LogP) is 1.28. The first-order valence-electron chi connectivity index (χ1n) is 9.26. The minimum Gasteiger partial charge on any atom is -0.364 e. The molecule has 2 aromatic heterocycles. The summed E-state index contributed by atoms with van der Waals surface area (Å²) in [7, 11) is 1.91. The fraction of sp³-hybridized carbons (Fsp3) is 0.389. The van der Waals surface area contributed by atoms with Gasteiger partial charge in [0.1, 0.15) is 5.52 Å². The van der Waals surface area contributed by atoms with Crippen molar-refractivity contribution in [3.8, 4) is 0 Å². The summed E-state index contributed by atoms with van der Waals surface area (Å²) in [6.45, 7) is 0. The molecule has 0 aliphatic heterocycles. The Morgan fingerprint density at radius 2 is 2.07 bits per heavy atom. The fourth-order valence-corrected chi connectivity index (χ4v) is 3.53. The minimum atomic E-state index is -0.711. The Labute approximate surface area is 161 Å². The van der Waals surface area contributed by atoms with E-state index in [9.17, 15) is 4.79 Å². The number of aromatic nitrogens is 5. The summed E-state index contributed by atoms with van der Waals surface area (Å²) in [6, 6.07) is 5.81. The number of aryl methyl sites for hydroxylation is 1. The van der Waals surface area contributed by atoms with Crippen molar-refractivity contribution in [3.63, 3.8) is 0 Å². The standard InChI is InChI=1S/C18H23N9O/c1-27-9-21-14-12(7-4-8-13(14)27)22-17-15(16(20)28)25-26-18(24-17)23-11-6-3-2-5-10(11)19/h4,7-11H,2-3,5-6,19H2,1H3,(H2,20,28)(H2,22,23,24,26)/t10-,11+/m0/s1. The smallest absolute Gasteiger partial charge is 0.273 e. The number of anilines is 3. The number of nitrogens with zero attached hydrogens (tertiary/aromatic N) is 5. The third-order valence-corrected chi connectivity index (χ3v) is 5.06. The molecule has 1 aliphatic carbocycles. The van der Waals surface area contributed by atoms with Crippen LogP contribution in [0.5, 0.6) is 0 Å². The zero-order chi connectivity index (χ0) is 19.7. The van der Waals surface area contributed by atoms with Crippen LogP contribution in [0, 0.1) is 0 Å². The molecule has 10 heteroatoms. The molecule has 3 aromatic rings. The average Bonchev–Trinajstić information content (AvgIpc) is 3.06. The molecule has 146 valence electrons. The largest absolute Gasteiger partial charge is 0.364 e. The van der Waals surface area contributed by atoms with Crippen molar-refractivity contribution in [1.29, 1.82) is 0 Å². The monoisotopic (exact) mass is 381 g/mol. The summed E-state index contributed by atoms with van der Waals surface area (Å²) in [5, 5.41) is 14.4. The zero-order valence-corrected chi connectivity index (χ0v) is 15.6. The molecule has 1 saturated carbocycles. The summed E-state index contributed by atoms with van der Waals surface area (Å²) in [5.41, 5.74) is 14.0. The quantitative estimate of drug-likeness (QED) is 0.516. The number of hydrogen-bond donors (Lipinski definition) is 4. The Balaban J connectivity index is 1.67. The molecule has 0 spiro atoms. The normalized spacial score (nSPS) is 19.5. The number of primary amides is 1. The number of rotatable bonds is 5. The van der Waals surface area contributed by atoms with Gasteiger partial charge in [-0.15, -0.1) is 10.2 Å². The van der Waals surface area contributed by atoms with E-state index in [1.807, 2.05) is 29.8 Å². The Kier molecular flexibility index (Phi) is 4.78. The van der Waals surface area contributed by atoms with Gasteiger partial charge in [-0.05, 0) is 25.0 Å². The van der Waals surface area contributed by atoms with E-state index in [0.717, 1.165) is 36.7 Å². The van der Waals surface area contributed by atoms with Crippen LogP contribution in [-0.2, 0) is 7.05 Å². The van der Waals surface area contributed by atoms with E-state index in [4.69, 9.17) is 11.5 Å². The third kappa shape index (κ3) is 3.46. The van der Waals surface area contributed by atoms with E-state index in [-0.39, 0.29) is 23.6 Å². The van der Waals surface area contributed by atoms with Crippen molar-refractivity contribution in [2.24, 2.45) is 18.5 Å². The SMILES string of the molecule is Cn1cnc2c(Nc3nc(N[C@@H]4CCCC[C@@H]4N)nnc3C(N)=O)cccc21. The Bertz CT molecular complexity index is 1020. The number of carbonyl (C=O) groups is 1. The van der Waals surface area contributed by atoms with Crippen LogP contribution in [0.1, 0.15) is 36.2 Å². The number of benzene rings is 1. The van der Waals surface area contributed by atoms with Gasteiger partial charge in [0.05, 0.1) is 17.5 Å². The van der Waals surface area contributed by atoms with Crippen LogP contribution < -0.4 is 22.1 Å². The average molecular weight is 381 g/mol. The van der Waals surface area contributed by atoms with Crippen LogP contribution in [0.15, 0.2) is 24.5 Å². The summed E-state index contributed by atoms with van der Waals surface area (Å²) in [6.07, 6.45) is 5.85. The van der Waals surface area contributed by atoms with Gasteiger partial charge in [0.2, 0.25) is 5.95 Å². The van der Waals surface area contributed by atoms with Crippen molar-refractivity contribution >= 4 is 34.4 Å². The van der Waals surface area contributed by atoms with Crippen LogP contribution in [0.25, 0.3) is 11.0 Å². The molecule has 28 heavy (non-hydrogen) atoms. The first-order chi connectivity index (χ1) is 13.5. The number of fused-ring (bicyclic) bond motifs is 1. The van der Waals surface area contributed by atoms with Crippen LogP contribution in [-0.4, -0.2) is 42.7 Å². The molecule has 2 heterocycles. The molecular formula is C18H23N9O. The highest BCUT2D eigenvalue weighted by molar-refractivity contribution is 5.98. The van der Waals surface area contributed by atoms with Gasteiger partial charge < -0.3 is 26.7 Å². The lowest BCUT2D eigenvalue weighted by atomic mass is 9.91. The van der Waals surface area contributed by atoms with Crippen LogP contribution in [0.3, 0.4) is 0 Å². The van der Waals surface area contributed by atoms with Gasteiger partial charge in [0.15, 0.2) is 11.5 Å². The summed E-state index contributed by atoms with van der Waals surface area (Å²) in [5.74, 6) is -0.174. The molecule has 1 amide bonds. The van der Waals surface area contributed by atoms with Crippen molar-refractivity contribution in [2.75, 3.05) is 10.6 Å². The molecule has 1 aliphatic rings. The van der Waals surface area contributed by atoms with Crippen LogP contribution in [0.4, 0.5) is 17.5 Å². The molecule has 1 aromatic carbocycles. The van der Waals surface area contributed by atoms with Gasteiger partial charge in [-0.2, -0.15) is 4.98 Å². The molecular weight excluding hydrogens is 358 g/mol. The van der Waals surface area contributed by atoms with Crippen molar-refractivity contribution in [1.82, 2.24) is 24.7 Å².